The highest BCUT2D eigenvalue weighted by Gasteiger charge is 2.72. The van der Waals surface area contributed by atoms with E-state index in [0.29, 0.717) is 18.9 Å². The first-order valence-corrected chi connectivity index (χ1v) is 16.6. The Morgan fingerprint density at radius 3 is 2.40 bits per heavy atom. The van der Waals surface area contributed by atoms with Crippen molar-refractivity contribution in [1.29, 1.82) is 0 Å². The van der Waals surface area contributed by atoms with Crippen LogP contribution in [0.3, 0.4) is 0 Å². The van der Waals surface area contributed by atoms with Gasteiger partial charge >= 0.3 is 6.09 Å². The Bertz CT molecular complexity index is 944. The van der Waals surface area contributed by atoms with Crippen LogP contribution in [-0.4, -0.2) is 54.5 Å². The number of ketones is 1. The lowest BCUT2D eigenvalue weighted by Gasteiger charge is -2.50. The van der Waals surface area contributed by atoms with Crippen LogP contribution >= 0.6 is 0 Å². The number of aliphatic hydroxyl groups excluding tert-OH is 1. The van der Waals surface area contributed by atoms with Crippen LogP contribution in [0.1, 0.15) is 64.9 Å². The number of ether oxygens (including phenoxy) is 1. The molecule has 35 heavy (non-hydrogen) atoms. The Kier molecular flexibility index (Phi) is 7.01. The van der Waals surface area contributed by atoms with E-state index in [0.717, 1.165) is 31.2 Å². The molecule has 7 heteroatoms. The van der Waals surface area contributed by atoms with Crippen molar-refractivity contribution in [2.45, 2.75) is 103 Å². The van der Waals surface area contributed by atoms with Crippen molar-refractivity contribution in [3.63, 3.8) is 0 Å². The number of fused-ring (bicyclic) bond motifs is 2. The number of hydrogen-bond acceptors (Lipinski definition) is 5. The third-order valence-corrected chi connectivity index (χ3v) is 10.3. The summed E-state index contributed by atoms with van der Waals surface area (Å²) in [4.78, 5) is 28.6. The molecule has 6 nitrogen and oxygen atoms in total. The molecule has 1 amide bonds. The van der Waals surface area contributed by atoms with Crippen LogP contribution in [0.4, 0.5) is 4.79 Å². The Morgan fingerprint density at radius 1 is 1.14 bits per heavy atom. The summed E-state index contributed by atoms with van der Waals surface area (Å²) in [6.07, 6.45) is 2.95. The summed E-state index contributed by atoms with van der Waals surface area (Å²) < 4.78 is 12.4. The molecular weight excluding hydrogens is 458 g/mol. The lowest BCUT2D eigenvalue weighted by Crippen LogP contribution is -2.59. The van der Waals surface area contributed by atoms with Crippen LogP contribution in [0.25, 0.3) is 0 Å². The number of hydrogen-bond donors (Lipinski definition) is 1. The van der Waals surface area contributed by atoms with E-state index in [1.165, 1.54) is 0 Å². The maximum Gasteiger partial charge on any atom is 0.410 e. The number of amides is 1. The van der Waals surface area contributed by atoms with E-state index in [9.17, 15) is 14.7 Å². The third-order valence-electron chi connectivity index (χ3n) is 9.37. The smallest absolute Gasteiger partial charge is 0.410 e. The fourth-order valence-electron chi connectivity index (χ4n) is 7.12. The normalized spacial score (nSPS) is 32.6. The van der Waals surface area contributed by atoms with E-state index in [2.05, 4.69) is 40.4 Å². The molecule has 0 spiro atoms. The number of likely N-dealkylation sites (tertiary alicyclic amines) is 1. The van der Waals surface area contributed by atoms with Crippen molar-refractivity contribution in [3.8, 4) is 0 Å². The van der Waals surface area contributed by atoms with Crippen molar-refractivity contribution < 1.29 is 23.9 Å². The number of carbonyl (C=O) groups excluding carboxylic acids is 2. The second-order valence-corrected chi connectivity index (χ2v) is 17.1. The molecular formula is C28H43NO5Si. The number of Topliss-reactive ketones (excluding diaryl/α,β-unsaturated/α-hetero) is 1. The van der Waals surface area contributed by atoms with Crippen molar-refractivity contribution >= 4 is 20.2 Å². The fourth-order valence-corrected chi connectivity index (χ4v) is 8.58. The molecule has 1 N–H and O–H groups in total. The molecule has 3 fully saturated rings. The number of benzene rings is 1. The Morgan fingerprint density at radius 2 is 1.83 bits per heavy atom. The van der Waals surface area contributed by atoms with Crippen LogP contribution in [-0.2, 0) is 20.6 Å². The van der Waals surface area contributed by atoms with Crippen molar-refractivity contribution in [1.82, 2.24) is 4.90 Å². The lowest BCUT2D eigenvalue weighted by molar-refractivity contribution is -0.154. The lowest BCUT2D eigenvalue weighted by atomic mass is 9.62. The average molecular weight is 502 g/mol. The van der Waals surface area contributed by atoms with Gasteiger partial charge in [-0.15, -0.1) is 0 Å². The van der Waals surface area contributed by atoms with Crippen LogP contribution in [0.15, 0.2) is 30.3 Å². The van der Waals surface area contributed by atoms with Gasteiger partial charge in [-0.3, -0.25) is 4.79 Å². The second kappa shape index (κ2) is 9.31. The minimum Gasteiger partial charge on any atom is -0.445 e. The SMILES string of the molecule is CC1(C)[C@@H]2CC[C@@]1(C)[C@@](O[Si](C)(C)C)(C(=O)C[C@@H](O)[C@@H]1CCCN1C(=O)OCc1ccccc1)C2. The van der Waals surface area contributed by atoms with Gasteiger partial charge in [0.2, 0.25) is 0 Å². The average Bonchev–Trinajstić information content (AvgIpc) is 3.40. The van der Waals surface area contributed by atoms with E-state index in [4.69, 9.17) is 9.16 Å². The molecule has 1 heterocycles. The quantitative estimate of drug-likeness (QED) is 0.473. The first kappa shape index (κ1) is 26.4. The first-order valence-electron chi connectivity index (χ1n) is 13.2. The van der Waals surface area contributed by atoms with Gasteiger partial charge in [-0.2, -0.15) is 0 Å². The molecule has 0 unspecified atom stereocenters. The molecule has 2 bridgehead atoms. The van der Waals surface area contributed by atoms with Gasteiger partial charge in [0, 0.05) is 18.4 Å². The predicted molar refractivity (Wildman–Crippen MR) is 138 cm³/mol. The highest BCUT2D eigenvalue weighted by molar-refractivity contribution is 6.70. The molecule has 1 aliphatic heterocycles. The number of carbonyl (C=O) groups is 2. The maximum atomic E-state index is 14.1. The topological polar surface area (TPSA) is 76.1 Å². The molecule has 5 atom stereocenters. The Hall–Kier alpha value is -1.70. The zero-order valence-electron chi connectivity index (χ0n) is 22.3. The molecule has 0 radical (unpaired) electrons. The number of rotatable bonds is 8. The van der Waals surface area contributed by atoms with Gasteiger partial charge in [-0.05, 0) is 68.6 Å². The summed E-state index contributed by atoms with van der Waals surface area (Å²) >= 11 is 0. The molecule has 1 aromatic carbocycles. The van der Waals surface area contributed by atoms with Crippen LogP contribution in [0.2, 0.25) is 19.6 Å². The molecule has 0 aromatic heterocycles. The highest BCUT2D eigenvalue weighted by Crippen LogP contribution is 2.71. The van der Waals surface area contributed by atoms with Gasteiger partial charge in [0.05, 0.1) is 12.1 Å². The van der Waals surface area contributed by atoms with E-state index in [1.807, 2.05) is 30.3 Å². The minimum atomic E-state index is -2.05. The number of nitrogens with zero attached hydrogens (tertiary/aromatic N) is 1. The Balaban J connectivity index is 1.48. The van der Waals surface area contributed by atoms with Gasteiger partial charge in [-0.1, -0.05) is 51.1 Å². The maximum absolute atomic E-state index is 14.1. The molecule has 4 rings (SSSR count). The summed E-state index contributed by atoms with van der Waals surface area (Å²) in [7, 11) is -2.05. The molecule has 3 aliphatic rings. The van der Waals surface area contributed by atoms with E-state index in [-0.39, 0.29) is 29.6 Å². The first-order chi connectivity index (χ1) is 16.3. The van der Waals surface area contributed by atoms with Gasteiger partial charge in [0.15, 0.2) is 14.1 Å². The monoisotopic (exact) mass is 501 g/mol. The summed E-state index contributed by atoms with van der Waals surface area (Å²) in [5.41, 5.74) is -0.188. The minimum absolute atomic E-state index is 0.00784. The van der Waals surface area contributed by atoms with Crippen LogP contribution in [0.5, 0.6) is 0 Å². The van der Waals surface area contributed by atoms with E-state index in [1.54, 1.807) is 4.90 Å². The Labute approximate surface area is 211 Å². The zero-order valence-corrected chi connectivity index (χ0v) is 23.3. The highest BCUT2D eigenvalue weighted by atomic mass is 28.4. The van der Waals surface area contributed by atoms with Crippen LogP contribution in [0, 0.1) is 16.7 Å². The van der Waals surface area contributed by atoms with Crippen molar-refractivity contribution in [3.05, 3.63) is 35.9 Å². The molecule has 194 valence electrons. The second-order valence-electron chi connectivity index (χ2n) is 12.7. The largest absolute Gasteiger partial charge is 0.445 e. The van der Waals surface area contributed by atoms with Crippen molar-refractivity contribution in [2.24, 2.45) is 16.7 Å². The van der Waals surface area contributed by atoms with Crippen LogP contribution < -0.4 is 0 Å². The van der Waals surface area contributed by atoms with Gasteiger partial charge in [-0.25, -0.2) is 4.79 Å². The summed E-state index contributed by atoms with van der Waals surface area (Å²) in [5, 5.41) is 11.3. The van der Waals surface area contributed by atoms with Gasteiger partial charge < -0.3 is 19.2 Å². The molecule has 2 saturated carbocycles. The number of aliphatic hydroxyl groups is 1. The molecule has 1 aromatic rings. The fraction of sp³-hybridized carbons (Fsp3) is 0.714. The third kappa shape index (κ3) is 4.60. The van der Waals surface area contributed by atoms with Crippen molar-refractivity contribution in [2.75, 3.05) is 6.54 Å². The summed E-state index contributed by atoms with van der Waals surface area (Å²) in [5.74, 6) is 0.454. The van der Waals surface area contributed by atoms with Gasteiger partial charge in [0.1, 0.15) is 12.2 Å². The summed E-state index contributed by atoms with van der Waals surface area (Å²) in [6.45, 7) is 13.9. The standard InChI is InChI=1S/C28H43NO5Si/c1-26(2)21-14-15-27(26,3)28(18-21,34-35(4,5)6)24(31)17-23(30)22-13-10-16-29(22)25(32)33-19-20-11-8-7-9-12-20/h7-9,11-12,21-23,30H,10,13-19H2,1-6H3/t21-,22+,23-,27-,28+/m1/s1. The predicted octanol–water partition coefficient (Wildman–Crippen LogP) is 5.54. The van der Waals surface area contributed by atoms with E-state index < -0.39 is 32.2 Å². The molecule has 2 aliphatic carbocycles. The van der Waals surface area contributed by atoms with E-state index >= 15 is 0 Å². The van der Waals surface area contributed by atoms with Gasteiger partial charge in [0.25, 0.3) is 0 Å². The molecule has 1 saturated heterocycles. The zero-order chi connectivity index (χ0) is 25.6. The summed E-state index contributed by atoms with van der Waals surface area (Å²) in [6, 6.07) is 9.16.